The Morgan fingerprint density at radius 3 is 1.71 bits per heavy atom. The quantitative estimate of drug-likeness (QED) is 0.299. The molecular weight excluding hydrogens is 440 g/mol. The molecule has 6 heteroatoms. The van der Waals surface area contributed by atoms with Crippen molar-refractivity contribution in [3.63, 3.8) is 0 Å². The third-order valence-electron chi connectivity index (χ3n) is 5.14. The van der Waals surface area contributed by atoms with Gasteiger partial charge in [-0.25, -0.2) is 0 Å². The molecule has 0 saturated carbocycles. The smallest absolute Gasteiger partial charge is 0.255 e. The zero-order chi connectivity index (χ0) is 24.5. The van der Waals surface area contributed by atoms with Crippen molar-refractivity contribution >= 4 is 23.2 Å². The highest BCUT2D eigenvalue weighted by Crippen LogP contribution is 2.18. The van der Waals surface area contributed by atoms with E-state index in [1.165, 1.54) is 0 Å². The number of ether oxygens (including phenoxy) is 2. The van der Waals surface area contributed by atoms with E-state index in [-0.39, 0.29) is 11.8 Å². The van der Waals surface area contributed by atoms with Gasteiger partial charge < -0.3 is 20.1 Å². The molecule has 35 heavy (non-hydrogen) atoms. The predicted octanol–water partition coefficient (Wildman–Crippen LogP) is 5.96. The Morgan fingerprint density at radius 1 is 0.600 bits per heavy atom. The Bertz CT molecular complexity index is 1290. The maximum Gasteiger partial charge on any atom is 0.255 e. The number of hydrogen-bond acceptors (Lipinski definition) is 4. The molecule has 0 aliphatic carbocycles. The second kappa shape index (κ2) is 11.5. The van der Waals surface area contributed by atoms with Crippen LogP contribution in [-0.2, 0) is 0 Å². The van der Waals surface area contributed by atoms with Crippen molar-refractivity contribution in [2.75, 3.05) is 23.8 Å². The first-order valence-electron chi connectivity index (χ1n) is 11.3. The maximum atomic E-state index is 12.7. The van der Waals surface area contributed by atoms with Crippen LogP contribution in [0, 0.1) is 6.92 Å². The van der Waals surface area contributed by atoms with Crippen LogP contribution in [0.15, 0.2) is 103 Å². The molecular formula is C29H26N2O4. The first kappa shape index (κ1) is 23.6. The molecule has 0 atom stereocenters. The van der Waals surface area contributed by atoms with Gasteiger partial charge in [0.25, 0.3) is 11.8 Å². The molecule has 4 aromatic rings. The number of amides is 2. The molecule has 4 aromatic carbocycles. The fourth-order valence-electron chi connectivity index (χ4n) is 3.39. The van der Waals surface area contributed by atoms with Gasteiger partial charge in [0.15, 0.2) is 0 Å². The number of para-hydroxylation sites is 1. The number of hydrogen-bond donors (Lipinski definition) is 2. The van der Waals surface area contributed by atoms with Gasteiger partial charge in [0.05, 0.1) is 0 Å². The van der Waals surface area contributed by atoms with E-state index in [2.05, 4.69) is 10.6 Å². The molecule has 0 aromatic heterocycles. The van der Waals surface area contributed by atoms with Gasteiger partial charge in [0.1, 0.15) is 24.7 Å². The summed E-state index contributed by atoms with van der Waals surface area (Å²) in [5.74, 6) is 0.928. The van der Waals surface area contributed by atoms with Crippen molar-refractivity contribution < 1.29 is 19.1 Å². The minimum Gasteiger partial charge on any atom is -0.490 e. The zero-order valence-corrected chi connectivity index (χ0v) is 19.4. The molecule has 6 nitrogen and oxygen atoms in total. The number of nitrogens with one attached hydrogen (secondary N) is 2. The molecule has 2 amide bonds. The Balaban J connectivity index is 1.28. The lowest BCUT2D eigenvalue weighted by Gasteiger charge is -2.10. The molecule has 0 radical (unpaired) electrons. The largest absolute Gasteiger partial charge is 0.490 e. The SMILES string of the molecule is Cc1cccc(C(=O)Nc2ccc(NC(=O)c3cccc(OCCOc4ccccc4)c3)cc2)c1. The van der Waals surface area contributed by atoms with Crippen molar-refractivity contribution in [3.8, 4) is 11.5 Å². The predicted molar refractivity (Wildman–Crippen MR) is 137 cm³/mol. The molecule has 4 rings (SSSR count). The van der Waals surface area contributed by atoms with Crippen molar-refractivity contribution in [2.45, 2.75) is 6.92 Å². The number of aryl methyl sites for hydroxylation is 1. The van der Waals surface area contributed by atoms with Crippen LogP contribution in [0.25, 0.3) is 0 Å². The molecule has 176 valence electrons. The van der Waals surface area contributed by atoms with Crippen LogP contribution in [0.3, 0.4) is 0 Å². The van der Waals surface area contributed by atoms with Gasteiger partial charge in [-0.2, -0.15) is 0 Å². The molecule has 0 spiro atoms. The van der Waals surface area contributed by atoms with Crippen LogP contribution in [0.2, 0.25) is 0 Å². The Labute approximate surface area is 204 Å². The molecule has 2 N–H and O–H groups in total. The van der Waals surface area contributed by atoms with E-state index in [0.29, 0.717) is 41.5 Å². The summed E-state index contributed by atoms with van der Waals surface area (Å²) in [7, 11) is 0. The van der Waals surface area contributed by atoms with E-state index in [1.807, 2.05) is 55.5 Å². The first-order chi connectivity index (χ1) is 17.1. The summed E-state index contributed by atoms with van der Waals surface area (Å²) in [6, 6.07) is 30.9. The number of carbonyl (C=O) groups is 2. The van der Waals surface area contributed by atoms with Gasteiger partial charge in [-0.15, -0.1) is 0 Å². The average molecular weight is 467 g/mol. The molecule has 0 aliphatic rings. The zero-order valence-electron chi connectivity index (χ0n) is 19.4. The lowest BCUT2D eigenvalue weighted by molar-refractivity contribution is 0.101. The summed E-state index contributed by atoms with van der Waals surface area (Å²) in [4.78, 5) is 25.1. The van der Waals surface area contributed by atoms with Crippen LogP contribution < -0.4 is 20.1 Å². The number of anilines is 2. The molecule has 0 heterocycles. The van der Waals surface area contributed by atoms with Crippen molar-refractivity contribution in [1.82, 2.24) is 0 Å². The van der Waals surface area contributed by atoms with Gasteiger partial charge >= 0.3 is 0 Å². The number of rotatable bonds is 9. The Morgan fingerprint density at radius 2 is 1.11 bits per heavy atom. The Kier molecular flexibility index (Phi) is 7.76. The van der Waals surface area contributed by atoms with Crippen molar-refractivity contribution in [1.29, 1.82) is 0 Å². The van der Waals surface area contributed by atoms with Crippen LogP contribution >= 0.6 is 0 Å². The minimum atomic E-state index is -0.257. The highest BCUT2D eigenvalue weighted by Gasteiger charge is 2.09. The average Bonchev–Trinajstić information content (AvgIpc) is 2.88. The van der Waals surface area contributed by atoms with E-state index in [9.17, 15) is 9.59 Å². The fourth-order valence-corrected chi connectivity index (χ4v) is 3.39. The van der Waals surface area contributed by atoms with Crippen molar-refractivity contribution in [3.05, 3.63) is 120 Å². The van der Waals surface area contributed by atoms with Gasteiger partial charge in [0.2, 0.25) is 0 Å². The van der Waals surface area contributed by atoms with Crippen molar-refractivity contribution in [2.24, 2.45) is 0 Å². The summed E-state index contributed by atoms with van der Waals surface area (Å²) < 4.78 is 11.3. The summed E-state index contributed by atoms with van der Waals surface area (Å²) in [5, 5.41) is 5.72. The monoisotopic (exact) mass is 466 g/mol. The van der Waals surface area contributed by atoms with Crippen LogP contribution in [-0.4, -0.2) is 25.0 Å². The Hall–Kier alpha value is -4.58. The third-order valence-corrected chi connectivity index (χ3v) is 5.14. The van der Waals surface area contributed by atoms with E-state index in [1.54, 1.807) is 54.6 Å². The second-order valence-corrected chi connectivity index (χ2v) is 7.89. The van der Waals surface area contributed by atoms with Gasteiger partial charge in [-0.1, -0.05) is 42.0 Å². The van der Waals surface area contributed by atoms with E-state index >= 15 is 0 Å². The van der Waals surface area contributed by atoms with Gasteiger partial charge in [-0.05, 0) is 73.7 Å². The molecule has 0 unspecified atom stereocenters. The summed E-state index contributed by atoms with van der Waals surface area (Å²) >= 11 is 0. The fraction of sp³-hybridized carbons (Fsp3) is 0.103. The van der Waals surface area contributed by atoms with E-state index < -0.39 is 0 Å². The maximum absolute atomic E-state index is 12.7. The lowest BCUT2D eigenvalue weighted by atomic mass is 10.1. The van der Waals surface area contributed by atoms with Gasteiger partial charge in [0, 0.05) is 22.5 Å². The second-order valence-electron chi connectivity index (χ2n) is 7.89. The van der Waals surface area contributed by atoms with Crippen LogP contribution in [0.5, 0.6) is 11.5 Å². The summed E-state index contributed by atoms with van der Waals surface area (Å²) in [6.45, 7) is 2.69. The minimum absolute atomic E-state index is 0.184. The summed E-state index contributed by atoms with van der Waals surface area (Å²) in [5.41, 5.74) is 3.35. The molecule has 0 saturated heterocycles. The van der Waals surface area contributed by atoms with Crippen LogP contribution in [0.1, 0.15) is 26.3 Å². The molecule has 0 aliphatic heterocycles. The van der Waals surface area contributed by atoms with E-state index in [0.717, 1.165) is 11.3 Å². The highest BCUT2D eigenvalue weighted by atomic mass is 16.5. The lowest BCUT2D eigenvalue weighted by Crippen LogP contribution is -2.14. The van der Waals surface area contributed by atoms with Gasteiger partial charge in [-0.3, -0.25) is 9.59 Å². The van der Waals surface area contributed by atoms with Crippen LogP contribution in [0.4, 0.5) is 11.4 Å². The molecule has 0 bridgehead atoms. The number of benzene rings is 4. The highest BCUT2D eigenvalue weighted by molar-refractivity contribution is 6.06. The van der Waals surface area contributed by atoms with E-state index in [4.69, 9.17) is 9.47 Å². The standard InChI is InChI=1S/C29H26N2O4/c1-21-7-5-8-22(19-21)28(32)30-24-13-15-25(16-14-24)31-29(33)23-9-6-12-27(20-23)35-18-17-34-26-10-3-2-4-11-26/h2-16,19-20H,17-18H2,1H3,(H,30,32)(H,31,33). The number of carbonyl (C=O) groups excluding carboxylic acids is 2. The topological polar surface area (TPSA) is 76.7 Å². The normalized spacial score (nSPS) is 10.3. The third kappa shape index (κ3) is 6.95. The summed E-state index contributed by atoms with van der Waals surface area (Å²) in [6.07, 6.45) is 0. The first-order valence-corrected chi connectivity index (χ1v) is 11.3. The molecule has 0 fully saturated rings.